The van der Waals surface area contributed by atoms with Crippen LogP contribution in [0.2, 0.25) is 0 Å². The minimum absolute atomic E-state index is 0.0211. The van der Waals surface area contributed by atoms with Crippen molar-refractivity contribution in [3.05, 3.63) is 46.6 Å². The molecule has 1 aliphatic heterocycles. The van der Waals surface area contributed by atoms with E-state index in [1.54, 1.807) is 12.3 Å². The van der Waals surface area contributed by atoms with Crippen LogP contribution in [0.3, 0.4) is 0 Å². The number of thioether (sulfide) groups is 1. The number of hydrogen-bond donors (Lipinski definition) is 1. The molecule has 2 aromatic rings. The molecule has 1 aromatic heterocycles. The Morgan fingerprint density at radius 2 is 2.00 bits per heavy atom. The van der Waals surface area contributed by atoms with E-state index in [0.717, 1.165) is 6.07 Å². The van der Waals surface area contributed by atoms with Gasteiger partial charge in [0.25, 0.3) is 0 Å². The number of hydrogen-bond acceptors (Lipinski definition) is 5. The molecule has 0 saturated heterocycles. The number of fused-ring (bicyclic) bond motifs is 1. The summed E-state index contributed by atoms with van der Waals surface area (Å²) in [6, 6.07) is 5.35. The topological polar surface area (TPSA) is 55.2 Å². The van der Waals surface area contributed by atoms with E-state index in [1.165, 1.54) is 23.9 Å². The second-order valence-corrected chi connectivity index (χ2v) is 5.82. The van der Waals surface area contributed by atoms with E-state index in [2.05, 4.69) is 9.97 Å². The van der Waals surface area contributed by atoms with E-state index in [-0.39, 0.29) is 24.5 Å². The van der Waals surface area contributed by atoms with Crippen molar-refractivity contribution in [3.8, 4) is 5.88 Å². The number of nitrogens with zero attached hydrogens (tertiary/aromatic N) is 2. The molecule has 1 unspecified atom stereocenters. The highest BCUT2D eigenvalue weighted by atomic mass is 32.2. The minimum Gasteiger partial charge on any atom is -0.493 e. The van der Waals surface area contributed by atoms with Crippen molar-refractivity contribution in [2.75, 3.05) is 6.26 Å². The lowest BCUT2D eigenvalue weighted by Gasteiger charge is -2.27. The molecule has 0 bridgehead atoms. The summed E-state index contributed by atoms with van der Waals surface area (Å²) in [5, 5.41) is 10.3. The second kappa shape index (κ2) is 6.01. The summed E-state index contributed by atoms with van der Waals surface area (Å²) in [5.74, 6) is -0.179. The zero-order valence-corrected chi connectivity index (χ0v) is 12.9. The van der Waals surface area contributed by atoms with Crippen LogP contribution in [-0.2, 0) is 23.9 Å². The van der Waals surface area contributed by atoms with Gasteiger partial charge in [-0.15, -0.1) is 0 Å². The van der Waals surface area contributed by atoms with Gasteiger partial charge in [-0.3, -0.25) is 0 Å². The minimum atomic E-state index is -4.45. The van der Waals surface area contributed by atoms with Gasteiger partial charge in [0, 0.05) is 6.42 Å². The SMILES string of the molecule is CSc1nc(O)c2c(n1)CC(c1ccccc1C(F)(F)F)OC2. The Bertz CT molecular complexity index is 737. The predicted molar refractivity (Wildman–Crippen MR) is 78.2 cm³/mol. The molecular formula is C15H13F3N2O2S. The number of benzene rings is 1. The van der Waals surface area contributed by atoms with Crippen molar-refractivity contribution in [2.45, 2.75) is 30.5 Å². The van der Waals surface area contributed by atoms with Gasteiger partial charge in [0.05, 0.1) is 29.5 Å². The quantitative estimate of drug-likeness (QED) is 0.666. The van der Waals surface area contributed by atoms with Gasteiger partial charge in [0.2, 0.25) is 5.88 Å². The highest BCUT2D eigenvalue weighted by Crippen LogP contribution is 2.39. The fourth-order valence-corrected chi connectivity index (χ4v) is 2.94. The van der Waals surface area contributed by atoms with E-state index in [0.29, 0.717) is 16.4 Å². The number of halogens is 3. The molecule has 0 fully saturated rings. The molecular weight excluding hydrogens is 329 g/mol. The number of aromatic nitrogens is 2. The Hall–Kier alpha value is -1.80. The van der Waals surface area contributed by atoms with Gasteiger partial charge >= 0.3 is 6.18 Å². The molecule has 2 heterocycles. The van der Waals surface area contributed by atoms with Crippen molar-refractivity contribution in [1.82, 2.24) is 9.97 Å². The van der Waals surface area contributed by atoms with Gasteiger partial charge in [-0.05, 0) is 17.9 Å². The highest BCUT2D eigenvalue weighted by molar-refractivity contribution is 7.98. The lowest BCUT2D eigenvalue weighted by molar-refractivity contribution is -0.139. The van der Waals surface area contributed by atoms with Gasteiger partial charge in [0.15, 0.2) is 5.16 Å². The number of alkyl halides is 3. The van der Waals surface area contributed by atoms with Crippen molar-refractivity contribution < 1.29 is 23.0 Å². The summed E-state index contributed by atoms with van der Waals surface area (Å²) in [6.45, 7) is -0.0211. The summed E-state index contributed by atoms with van der Waals surface area (Å²) >= 11 is 1.26. The van der Waals surface area contributed by atoms with Crippen LogP contribution in [0.5, 0.6) is 5.88 Å². The van der Waals surface area contributed by atoms with Crippen molar-refractivity contribution in [2.24, 2.45) is 0 Å². The second-order valence-electron chi connectivity index (χ2n) is 5.05. The van der Waals surface area contributed by atoms with Crippen molar-refractivity contribution >= 4 is 11.8 Å². The lowest BCUT2D eigenvalue weighted by Crippen LogP contribution is -2.21. The van der Waals surface area contributed by atoms with Crippen LogP contribution in [0.1, 0.15) is 28.5 Å². The first-order valence-electron chi connectivity index (χ1n) is 6.80. The first-order valence-corrected chi connectivity index (χ1v) is 8.03. The summed E-state index contributed by atoms with van der Waals surface area (Å²) in [6.07, 6.45) is -3.29. The Morgan fingerprint density at radius 3 is 2.70 bits per heavy atom. The largest absolute Gasteiger partial charge is 0.493 e. The molecule has 0 radical (unpaired) electrons. The Labute approximate surface area is 134 Å². The van der Waals surface area contributed by atoms with Gasteiger partial charge in [-0.2, -0.15) is 18.2 Å². The zero-order chi connectivity index (χ0) is 16.6. The molecule has 4 nitrogen and oxygen atoms in total. The number of ether oxygens (including phenoxy) is 1. The monoisotopic (exact) mass is 342 g/mol. The first-order chi connectivity index (χ1) is 10.9. The molecule has 1 aromatic carbocycles. The molecule has 1 N–H and O–H groups in total. The molecule has 1 aliphatic rings. The third-order valence-electron chi connectivity index (χ3n) is 3.65. The maximum Gasteiger partial charge on any atom is 0.416 e. The van der Waals surface area contributed by atoms with Crippen LogP contribution in [-0.4, -0.2) is 21.3 Å². The van der Waals surface area contributed by atoms with Crippen LogP contribution in [0.4, 0.5) is 13.2 Å². The number of aromatic hydroxyl groups is 1. The van der Waals surface area contributed by atoms with Crippen LogP contribution in [0.15, 0.2) is 29.4 Å². The summed E-state index contributed by atoms with van der Waals surface area (Å²) in [7, 11) is 0. The van der Waals surface area contributed by atoms with E-state index < -0.39 is 17.8 Å². The fraction of sp³-hybridized carbons (Fsp3) is 0.333. The van der Waals surface area contributed by atoms with Gasteiger partial charge in [-0.25, -0.2) is 4.98 Å². The van der Waals surface area contributed by atoms with Crippen LogP contribution in [0, 0.1) is 0 Å². The Kier molecular flexibility index (Phi) is 4.20. The maximum absolute atomic E-state index is 13.2. The molecule has 8 heteroatoms. The van der Waals surface area contributed by atoms with Gasteiger partial charge in [0.1, 0.15) is 0 Å². The summed E-state index contributed by atoms with van der Waals surface area (Å²) in [4.78, 5) is 8.20. The molecule has 1 atom stereocenters. The van der Waals surface area contributed by atoms with Crippen molar-refractivity contribution in [1.29, 1.82) is 0 Å². The molecule has 0 aliphatic carbocycles. The van der Waals surface area contributed by atoms with Crippen LogP contribution < -0.4 is 0 Å². The summed E-state index contributed by atoms with van der Waals surface area (Å²) in [5.41, 5.74) is 0.324. The maximum atomic E-state index is 13.2. The fourth-order valence-electron chi connectivity index (χ4n) is 2.56. The van der Waals surface area contributed by atoms with E-state index >= 15 is 0 Å². The van der Waals surface area contributed by atoms with Gasteiger partial charge in [-0.1, -0.05) is 30.0 Å². The van der Waals surface area contributed by atoms with Gasteiger partial charge < -0.3 is 9.84 Å². The molecule has 122 valence electrons. The molecule has 23 heavy (non-hydrogen) atoms. The normalized spacial score (nSPS) is 17.8. The third kappa shape index (κ3) is 3.13. The van der Waals surface area contributed by atoms with Crippen molar-refractivity contribution in [3.63, 3.8) is 0 Å². The highest BCUT2D eigenvalue weighted by Gasteiger charge is 2.36. The summed E-state index contributed by atoms with van der Waals surface area (Å²) < 4.78 is 45.0. The first kappa shape index (κ1) is 16.1. The molecule has 0 spiro atoms. The van der Waals surface area contributed by atoms with E-state index in [4.69, 9.17) is 4.74 Å². The predicted octanol–water partition coefficient (Wildman–Crippen LogP) is 3.74. The lowest BCUT2D eigenvalue weighted by atomic mass is 9.95. The Balaban J connectivity index is 1.99. The molecule has 0 saturated carbocycles. The third-order valence-corrected chi connectivity index (χ3v) is 4.20. The Morgan fingerprint density at radius 1 is 1.26 bits per heavy atom. The smallest absolute Gasteiger partial charge is 0.416 e. The van der Waals surface area contributed by atoms with E-state index in [9.17, 15) is 18.3 Å². The average Bonchev–Trinajstić information content (AvgIpc) is 2.53. The zero-order valence-electron chi connectivity index (χ0n) is 12.1. The average molecular weight is 342 g/mol. The van der Waals surface area contributed by atoms with E-state index in [1.807, 2.05) is 0 Å². The molecule has 3 rings (SSSR count). The molecule has 0 amide bonds. The standard InChI is InChI=1S/C15H13F3N2O2S/c1-23-14-19-11-6-12(22-7-9(11)13(21)20-14)8-4-2-3-5-10(8)15(16,17)18/h2-5,12H,6-7H2,1H3,(H,19,20,21). The number of rotatable bonds is 2. The van der Waals surface area contributed by atoms with Crippen LogP contribution >= 0.6 is 11.8 Å². The van der Waals surface area contributed by atoms with Crippen LogP contribution in [0.25, 0.3) is 0 Å².